The molecule has 7 nitrogen and oxygen atoms in total. The SMILES string of the molecule is CCn1cc(C(F)(F)F)nc1-c1ncc(COc2nc(C)nc3ccn(C)c23)cc1F. The Kier molecular flexibility index (Phi) is 5.11. The van der Waals surface area contributed by atoms with Gasteiger partial charge in [0.1, 0.15) is 23.6 Å². The van der Waals surface area contributed by atoms with Crippen LogP contribution in [-0.2, 0) is 26.4 Å². The third-order valence-corrected chi connectivity index (χ3v) is 4.69. The smallest absolute Gasteiger partial charge is 0.434 e. The second-order valence-corrected chi connectivity index (χ2v) is 6.93. The molecule has 0 aromatic carbocycles. The molecule has 0 atom stereocenters. The highest BCUT2D eigenvalue weighted by Crippen LogP contribution is 2.31. The first-order chi connectivity index (χ1) is 14.7. The molecule has 0 N–H and O–H groups in total. The maximum Gasteiger partial charge on any atom is 0.434 e. The van der Waals surface area contributed by atoms with Crippen LogP contribution in [0.2, 0.25) is 0 Å². The van der Waals surface area contributed by atoms with Crippen LogP contribution in [0.1, 0.15) is 24.0 Å². The summed E-state index contributed by atoms with van der Waals surface area (Å²) >= 11 is 0. The minimum Gasteiger partial charge on any atom is -0.471 e. The van der Waals surface area contributed by atoms with E-state index in [0.717, 1.165) is 11.7 Å². The van der Waals surface area contributed by atoms with Crippen LogP contribution in [-0.4, -0.2) is 29.1 Å². The maximum atomic E-state index is 14.7. The predicted octanol–water partition coefficient (Wildman–Crippen LogP) is 4.29. The number of nitrogens with zero attached hydrogens (tertiary/aromatic N) is 6. The van der Waals surface area contributed by atoms with Crippen LogP contribution >= 0.6 is 0 Å². The molecule has 4 rings (SSSR count). The van der Waals surface area contributed by atoms with Crippen molar-refractivity contribution < 1.29 is 22.3 Å². The summed E-state index contributed by atoms with van der Waals surface area (Å²) in [6.07, 6.45) is -0.614. The van der Waals surface area contributed by atoms with E-state index in [1.165, 1.54) is 16.8 Å². The van der Waals surface area contributed by atoms with Gasteiger partial charge in [0, 0.05) is 37.7 Å². The lowest BCUT2D eigenvalue weighted by Crippen LogP contribution is -2.05. The zero-order chi connectivity index (χ0) is 22.3. The summed E-state index contributed by atoms with van der Waals surface area (Å²) in [6, 6.07) is 3.00. The van der Waals surface area contributed by atoms with E-state index < -0.39 is 17.7 Å². The van der Waals surface area contributed by atoms with Crippen molar-refractivity contribution in [2.75, 3.05) is 0 Å². The summed E-state index contributed by atoms with van der Waals surface area (Å²) in [4.78, 5) is 16.2. The van der Waals surface area contributed by atoms with Gasteiger partial charge in [0.15, 0.2) is 17.3 Å². The molecule has 0 saturated heterocycles. The number of alkyl halides is 3. The summed E-state index contributed by atoms with van der Waals surface area (Å²) in [5.74, 6) is -0.106. The first-order valence-electron chi connectivity index (χ1n) is 9.39. The zero-order valence-electron chi connectivity index (χ0n) is 16.9. The minimum absolute atomic E-state index is 0.0308. The number of hydrogen-bond donors (Lipinski definition) is 0. The number of rotatable bonds is 5. The second-order valence-electron chi connectivity index (χ2n) is 6.93. The molecular weight excluding hydrogens is 416 g/mol. The van der Waals surface area contributed by atoms with Crippen molar-refractivity contribution >= 4 is 11.0 Å². The molecule has 0 saturated carbocycles. The van der Waals surface area contributed by atoms with Gasteiger partial charge in [-0.2, -0.15) is 18.2 Å². The largest absolute Gasteiger partial charge is 0.471 e. The fourth-order valence-electron chi connectivity index (χ4n) is 3.22. The molecule has 0 radical (unpaired) electrons. The van der Waals surface area contributed by atoms with Crippen LogP contribution in [0.3, 0.4) is 0 Å². The van der Waals surface area contributed by atoms with Crippen molar-refractivity contribution in [1.29, 1.82) is 0 Å². The number of hydrogen-bond acceptors (Lipinski definition) is 5. The van der Waals surface area contributed by atoms with Gasteiger partial charge < -0.3 is 13.9 Å². The quantitative estimate of drug-likeness (QED) is 0.438. The van der Waals surface area contributed by atoms with Crippen LogP contribution in [0.25, 0.3) is 22.6 Å². The molecule has 0 aliphatic rings. The molecule has 4 aromatic heterocycles. The van der Waals surface area contributed by atoms with Gasteiger partial charge in [-0.05, 0) is 26.0 Å². The Morgan fingerprint density at radius 1 is 1.16 bits per heavy atom. The number of aromatic nitrogens is 6. The van der Waals surface area contributed by atoms with Crippen molar-refractivity contribution in [2.45, 2.75) is 33.2 Å². The van der Waals surface area contributed by atoms with E-state index in [4.69, 9.17) is 4.74 Å². The fraction of sp³-hybridized carbons (Fsp3) is 0.300. The highest BCUT2D eigenvalue weighted by Gasteiger charge is 2.35. The average molecular weight is 434 g/mol. The van der Waals surface area contributed by atoms with Gasteiger partial charge in [0.25, 0.3) is 0 Å². The Morgan fingerprint density at radius 2 is 1.94 bits per heavy atom. The standard InChI is InChI=1S/C20H18F4N6O/c1-4-30-9-15(20(22,23)24)28-18(30)16-13(21)7-12(8-25-16)10-31-19-17-14(5-6-29(17)3)26-11(2)27-19/h5-9H,4,10H2,1-3H3. The third kappa shape index (κ3) is 3.94. The fourth-order valence-corrected chi connectivity index (χ4v) is 3.22. The van der Waals surface area contributed by atoms with Crippen LogP contribution in [0.5, 0.6) is 5.88 Å². The normalized spacial score (nSPS) is 12.0. The van der Waals surface area contributed by atoms with Crippen molar-refractivity contribution in [3.05, 3.63) is 53.6 Å². The molecule has 0 amide bonds. The van der Waals surface area contributed by atoms with Crippen LogP contribution in [0, 0.1) is 12.7 Å². The average Bonchev–Trinajstić information content (AvgIpc) is 3.30. The second kappa shape index (κ2) is 7.64. The van der Waals surface area contributed by atoms with E-state index in [2.05, 4.69) is 19.9 Å². The molecule has 162 valence electrons. The van der Waals surface area contributed by atoms with Crippen molar-refractivity contribution in [3.63, 3.8) is 0 Å². The summed E-state index contributed by atoms with van der Waals surface area (Å²) in [5.41, 5.74) is 0.454. The molecule has 0 bridgehead atoms. The molecule has 0 fully saturated rings. The van der Waals surface area contributed by atoms with Gasteiger partial charge in [-0.15, -0.1) is 0 Å². The molecule has 4 heterocycles. The van der Waals surface area contributed by atoms with E-state index in [0.29, 0.717) is 22.8 Å². The van der Waals surface area contributed by atoms with Gasteiger partial charge in [-0.3, -0.25) is 0 Å². The van der Waals surface area contributed by atoms with Gasteiger partial charge in [0.2, 0.25) is 5.88 Å². The van der Waals surface area contributed by atoms with E-state index in [9.17, 15) is 17.6 Å². The topological polar surface area (TPSA) is 70.7 Å². The van der Waals surface area contributed by atoms with E-state index >= 15 is 0 Å². The number of fused-ring (bicyclic) bond motifs is 1. The van der Waals surface area contributed by atoms with E-state index in [1.807, 2.05) is 23.9 Å². The Hall–Kier alpha value is -3.50. The monoisotopic (exact) mass is 434 g/mol. The van der Waals surface area contributed by atoms with Gasteiger partial charge >= 0.3 is 6.18 Å². The van der Waals surface area contributed by atoms with Crippen LogP contribution < -0.4 is 4.74 Å². The highest BCUT2D eigenvalue weighted by molar-refractivity contribution is 5.80. The third-order valence-electron chi connectivity index (χ3n) is 4.69. The van der Waals surface area contributed by atoms with E-state index in [-0.39, 0.29) is 24.7 Å². The van der Waals surface area contributed by atoms with Crippen molar-refractivity contribution in [1.82, 2.24) is 29.1 Å². The van der Waals surface area contributed by atoms with Gasteiger partial charge in [-0.25, -0.2) is 19.3 Å². The molecule has 31 heavy (non-hydrogen) atoms. The number of aryl methyl sites for hydroxylation is 3. The lowest BCUT2D eigenvalue weighted by Gasteiger charge is -2.10. The Balaban J connectivity index is 1.61. The number of imidazole rings is 1. The summed E-state index contributed by atoms with van der Waals surface area (Å²) in [5, 5.41) is 0. The Labute approximate surface area is 174 Å². The Morgan fingerprint density at radius 3 is 2.61 bits per heavy atom. The van der Waals surface area contributed by atoms with Crippen LogP contribution in [0.15, 0.2) is 30.7 Å². The molecular formula is C20H18F4N6O. The summed E-state index contributed by atoms with van der Waals surface area (Å²) in [7, 11) is 1.83. The highest BCUT2D eigenvalue weighted by atomic mass is 19.4. The van der Waals surface area contributed by atoms with E-state index in [1.54, 1.807) is 13.8 Å². The van der Waals surface area contributed by atoms with Gasteiger partial charge in [0.05, 0.1) is 5.52 Å². The molecule has 4 aromatic rings. The van der Waals surface area contributed by atoms with Crippen molar-refractivity contribution in [3.8, 4) is 17.4 Å². The molecule has 0 unspecified atom stereocenters. The summed E-state index contributed by atoms with van der Waals surface area (Å²) < 4.78 is 62.5. The lowest BCUT2D eigenvalue weighted by atomic mass is 10.2. The maximum absolute atomic E-state index is 14.7. The first-order valence-corrected chi connectivity index (χ1v) is 9.39. The minimum atomic E-state index is -4.63. The lowest BCUT2D eigenvalue weighted by molar-refractivity contribution is -0.140. The predicted molar refractivity (Wildman–Crippen MR) is 104 cm³/mol. The van der Waals surface area contributed by atoms with Gasteiger partial charge in [-0.1, -0.05) is 0 Å². The molecule has 0 aliphatic heterocycles. The molecule has 11 heteroatoms. The van der Waals surface area contributed by atoms with Crippen molar-refractivity contribution in [2.24, 2.45) is 7.05 Å². The zero-order valence-corrected chi connectivity index (χ0v) is 16.9. The first kappa shape index (κ1) is 20.8. The summed E-state index contributed by atoms with van der Waals surface area (Å²) in [6.45, 7) is 3.53. The number of ether oxygens (including phenoxy) is 1. The van der Waals surface area contributed by atoms with Crippen LogP contribution in [0.4, 0.5) is 17.6 Å². The Bertz CT molecular complexity index is 1260. The number of halogens is 4. The molecule has 0 aliphatic carbocycles. The molecule has 0 spiro atoms. The number of pyridine rings is 1.